The van der Waals surface area contributed by atoms with Crippen molar-refractivity contribution in [3.63, 3.8) is 0 Å². The summed E-state index contributed by atoms with van der Waals surface area (Å²) in [5.41, 5.74) is 0.271. The summed E-state index contributed by atoms with van der Waals surface area (Å²) in [5.74, 6) is -1.54. The van der Waals surface area contributed by atoms with Crippen LogP contribution in [0.25, 0.3) is 0 Å². The fourth-order valence-corrected chi connectivity index (χ4v) is 1.64. The van der Waals surface area contributed by atoms with Gasteiger partial charge in [0.1, 0.15) is 17.9 Å². The van der Waals surface area contributed by atoms with Gasteiger partial charge >= 0.3 is 5.97 Å². The van der Waals surface area contributed by atoms with Crippen LogP contribution in [0.15, 0.2) is 18.2 Å². The summed E-state index contributed by atoms with van der Waals surface area (Å²) in [4.78, 5) is 10.9. The molecule has 18 heavy (non-hydrogen) atoms. The van der Waals surface area contributed by atoms with Gasteiger partial charge in [-0.05, 0) is 12.5 Å². The molecule has 0 amide bonds. The van der Waals surface area contributed by atoms with Gasteiger partial charge in [0.2, 0.25) is 0 Å². The maximum absolute atomic E-state index is 13.7. The van der Waals surface area contributed by atoms with E-state index < -0.39 is 17.8 Å². The Balaban J connectivity index is 2.74. The van der Waals surface area contributed by atoms with Crippen LogP contribution in [0.2, 0.25) is 0 Å². The molecule has 0 radical (unpaired) electrons. The first-order chi connectivity index (χ1) is 8.60. The molecule has 0 bridgehead atoms. The van der Waals surface area contributed by atoms with Crippen LogP contribution in [0.1, 0.15) is 30.9 Å². The second-order valence-corrected chi connectivity index (χ2v) is 3.95. The number of hydrogen-bond acceptors (Lipinski definition) is 3. The minimum atomic E-state index is -0.950. The number of aliphatic carboxylic acids is 1. The van der Waals surface area contributed by atoms with Crippen LogP contribution in [0, 0.1) is 17.1 Å². The van der Waals surface area contributed by atoms with Crippen LogP contribution in [0.5, 0.6) is 0 Å². The predicted octanol–water partition coefficient (Wildman–Crippen LogP) is 2.04. The lowest BCUT2D eigenvalue weighted by Gasteiger charge is -2.13. The highest BCUT2D eigenvalue weighted by Gasteiger charge is 2.16. The number of hydrogen-bond donors (Lipinski definition) is 2. The fraction of sp³-hybridized carbons (Fsp3) is 0.385. The first-order valence-corrected chi connectivity index (χ1v) is 5.73. The van der Waals surface area contributed by atoms with Crippen molar-refractivity contribution < 1.29 is 14.3 Å². The number of benzene rings is 1. The number of nitriles is 1. The predicted molar refractivity (Wildman–Crippen MR) is 64.3 cm³/mol. The second kappa shape index (κ2) is 6.72. The summed E-state index contributed by atoms with van der Waals surface area (Å²) in [5, 5.41) is 20.4. The number of rotatable bonds is 6. The third-order valence-electron chi connectivity index (χ3n) is 2.61. The molecular formula is C13H15FN2O2. The molecule has 0 saturated heterocycles. The second-order valence-electron chi connectivity index (χ2n) is 3.95. The lowest BCUT2D eigenvalue weighted by atomic mass is 10.1. The molecule has 0 aliphatic rings. The molecule has 2 N–H and O–H groups in total. The Morgan fingerprint density at radius 1 is 1.61 bits per heavy atom. The standard InChI is InChI=1S/C13H15FN2O2/c1-2-4-11(13(17)18)16-8-10-6-3-5-9(7-15)12(10)14/h3,5-6,11,16H,2,4,8H2,1H3,(H,17,18). The first kappa shape index (κ1) is 14.1. The molecule has 96 valence electrons. The van der Waals surface area contributed by atoms with Gasteiger partial charge in [0.05, 0.1) is 5.56 Å². The molecule has 0 spiro atoms. The van der Waals surface area contributed by atoms with Gasteiger partial charge in [0.25, 0.3) is 0 Å². The average Bonchev–Trinajstić information content (AvgIpc) is 2.35. The van der Waals surface area contributed by atoms with E-state index in [2.05, 4.69) is 5.32 Å². The summed E-state index contributed by atoms with van der Waals surface area (Å²) >= 11 is 0. The lowest BCUT2D eigenvalue weighted by molar-refractivity contribution is -0.139. The van der Waals surface area contributed by atoms with E-state index in [1.807, 2.05) is 6.92 Å². The van der Waals surface area contributed by atoms with E-state index >= 15 is 0 Å². The SMILES string of the molecule is CCCC(NCc1cccc(C#N)c1F)C(=O)O. The van der Waals surface area contributed by atoms with Gasteiger partial charge < -0.3 is 10.4 Å². The molecular weight excluding hydrogens is 235 g/mol. The monoisotopic (exact) mass is 250 g/mol. The molecule has 0 heterocycles. The number of carboxylic acid groups (broad SMARTS) is 1. The van der Waals surface area contributed by atoms with E-state index in [1.54, 1.807) is 12.1 Å². The molecule has 0 saturated carbocycles. The van der Waals surface area contributed by atoms with E-state index in [9.17, 15) is 9.18 Å². The van der Waals surface area contributed by atoms with Crippen LogP contribution in [-0.4, -0.2) is 17.1 Å². The average molecular weight is 250 g/mol. The number of carbonyl (C=O) groups is 1. The van der Waals surface area contributed by atoms with E-state index in [1.165, 1.54) is 12.1 Å². The van der Waals surface area contributed by atoms with Crippen LogP contribution >= 0.6 is 0 Å². The van der Waals surface area contributed by atoms with Gasteiger partial charge in [-0.1, -0.05) is 25.5 Å². The Morgan fingerprint density at radius 3 is 2.89 bits per heavy atom. The van der Waals surface area contributed by atoms with Gasteiger partial charge in [-0.25, -0.2) is 4.39 Å². The van der Waals surface area contributed by atoms with E-state index in [0.717, 1.165) is 6.42 Å². The zero-order chi connectivity index (χ0) is 13.5. The minimum Gasteiger partial charge on any atom is -0.480 e. The van der Waals surface area contributed by atoms with Gasteiger partial charge in [-0.15, -0.1) is 0 Å². The Kier molecular flexibility index (Phi) is 5.28. The van der Waals surface area contributed by atoms with Crippen molar-refractivity contribution in [2.45, 2.75) is 32.4 Å². The van der Waals surface area contributed by atoms with Crippen LogP contribution < -0.4 is 5.32 Å². The van der Waals surface area contributed by atoms with Gasteiger partial charge in [-0.2, -0.15) is 5.26 Å². The van der Waals surface area contributed by atoms with Crippen molar-refractivity contribution in [1.82, 2.24) is 5.32 Å². The van der Waals surface area contributed by atoms with Gasteiger partial charge in [0, 0.05) is 12.1 Å². The number of halogens is 1. The quantitative estimate of drug-likeness (QED) is 0.810. The highest BCUT2D eigenvalue weighted by atomic mass is 19.1. The normalized spacial score (nSPS) is 11.8. The molecule has 5 heteroatoms. The van der Waals surface area contributed by atoms with Crippen molar-refractivity contribution in [3.05, 3.63) is 35.1 Å². The van der Waals surface area contributed by atoms with E-state index in [0.29, 0.717) is 12.0 Å². The molecule has 1 aromatic rings. The zero-order valence-corrected chi connectivity index (χ0v) is 10.1. The third kappa shape index (κ3) is 3.54. The minimum absolute atomic E-state index is 0.0309. The molecule has 0 aliphatic carbocycles. The number of carboxylic acids is 1. The van der Waals surface area contributed by atoms with Crippen molar-refractivity contribution >= 4 is 5.97 Å². The lowest BCUT2D eigenvalue weighted by Crippen LogP contribution is -2.36. The highest BCUT2D eigenvalue weighted by molar-refractivity contribution is 5.73. The summed E-state index contributed by atoms with van der Waals surface area (Å²) in [6.07, 6.45) is 1.21. The molecule has 1 aromatic carbocycles. The summed E-state index contributed by atoms with van der Waals surface area (Å²) in [6, 6.07) is 5.56. The molecule has 0 aliphatic heterocycles. The Bertz CT molecular complexity index is 469. The van der Waals surface area contributed by atoms with Crippen molar-refractivity contribution in [3.8, 4) is 6.07 Å². The topological polar surface area (TPSA) is 73.1 Å². The summed E-state index contributed by atoms with van der Waals surface area (Å²) < 4.78 is 13.7. The highest BCUT2D eigenvalue weighted by Crippen LogP contribution is 2.12. The summed E-state index contributed by atoms with van der Waals surface area (Å²) in [7, 11) is 0. The molecule has 0 aromatic heterocycles. The molecule has 0 fully saturated rings. The number of nitrogens with one attached hydrogen (secondary N) is 1. The molecule has 1 rings (SSSR count). The maximum Gasteiger partial charge on any atom is 0.320 e. The van der Waals surface area contributed by atoms with Gasteiger partial charge in [0.15, 0.2) is 0 Å². The largest absolute Gasteiger partial charge is 0.480 e. The Morgan fingerprint density at radius 2 is 2.33 bits per heavy atom. The smallest absolute Gasteiger partial charge is 0.320 e. The van der Waals surface area contributed by atoms with Crippen LogP contribution in [-0.2, 0) is 11.3 Å². The van der Waals surface area contributed by atoms with Crippen LogP contribution in [0.3, 0.4) is 0 Å². The van der Waals surface area contributed by atoms with Crippen molar-refractivity contribution in [2.24, 2.45) is 0 Å². The maximum atomic E-state index is 13.7. The van der Waals surface area contributed by atoms with Crippen molar-refractivity contribution in [1.29, 1.82) is 5.26 Å². The van der Waals surface area contributed by atoms with Crippen molar-refractivity contribution in [2.75, 3.05) is 0 Å². The third-order valence-corrected chi connectivity index (χ3v) is 2.61. The molecule has 4 nitrogen and oxygen atoms in total. The molecule has 1 atom stereocenters. The molecule has 1 unspecified atom stereocenters. The summed E-state index contributed by atoms with van der Waals surface area (Å²) in [6.45, 7) is 1.98. The Labute approximate surface area is 105 Å². The fourth-order valence-electron chi connectivity index (χ4n) is 1.64. The zero-order valence-electron chi connectivity index (χ0n) is 10.1. The van der Waals surface area contributed by atoms with E-state index in [-0.39, 0.29) is 12.1 Å². The van der Waals surface area contributed by atoms with Gasteiger partial charge in [-0.3, -0.25) is 4.79 Å². The van der Waals surface area contributed by atoms with E-state index in [4.69, 9.17) is 10.4 Å². The first-order valence-electron chi connectivity index (χ1n) is 5.73. The number of nitrogens with zero attached hydrogens (tertiary/aromatic N) is 1. The Hall–Kier alpha value is -1.93. The van der Waals surface area contributed by atoms with Crippen LogP contribution in [0.4, 0.5) is 4.39 Å².